The lowest BCUT2D eigenvalue weighted by Crippen LogP contribution is -2.44. The Morgan fingerprint density at radius 1 is 0.821 bits per heavy atom. The van der Waals surface area contributed by atoms with Gasteiger partial charge in [-0.05, 0) is 46.7 Å². The van der Waals surface area contributed by atoms with Gasteiger partial charge in [0.2, 0.25) is 11.8 Å². The summed E-state index contributed by atoms with van der Waals surface area (Å²) < 4.78 is 18.8. The van der Waals surface area contributed by atoms with E-state index in [1.165, 1.54) is 12.1 Å². The Morgan fingerprint density at radius 2 is 1.46 bits per heavy atom. The summed E-state index contributed by atoms with van der Waals surface area (Å²) in [4.78, 5) is 32.4. The molecule has 0 spiro atoms. The van der Waals surface area contributed by atoms with E-state index >= 15 is 0 Å². The van der Waals surface area contributed by atoms with E-state index in [-0.39, 0.29) is 24.2 Å². The topological polar surface area (TPSA) is 49.9 Å². The highest BCUT2D eigenvalue weighted by Crippen LogP contribution is 2.27. The largest absolute Gasteiger partial charge is 0.385 e. The van der Waals surface area contributed by atoms with Crippen molar-refractivity contribution in [2.75, 3.05) is 26.8 Å². The minimum Gasteiger partial charge on any atom is -0.385 e. The molecule has 3 aromatic carbocycles. The Balaban J connectivity index is 1.61. The van der Waals surface area contributed by atoms with Gasteiger partial charge in [-0.3, -0.25) is 9.59 Å². The van der Waals surface area contributed by atoms with Crippen molar-refractivity contribution in [2.45, 2.75) is 25.4 Å². The van der Waals surface area contributed by atoms with Crippen molar-refractivity contribution >= 4 is 23.2 Å². The molecule has 0 fully saturated rings. The summed E-state index contributed by atoms with van der Waals surface area (Å²) in [5.74, 6) is -1.16. The van der Waals surface area contributed by atoms with Crippen LogP contribution in [-0.2, 0) is 27.4 Å². The highest BCUT2D eigenvalue weighted by Gasteiger charge is 2.30. The quantitative estimate of drug-likeness (QED) is 0.191. The van der Waals surface area contributed by atoms with Gasteiger partial charge in [0.1, 0.15) is 5.82 Å². The zero-order valence-electron chi connectivity index (χ0n) is 22.0. The number of methoxy groups -OCH3 is 1. The van der Waals surface area contributed by atoms with E-state index in [4.69, 9.17) is 4.74 Å². The molecule has 4 rings (SSSR count). The molecule has 1 heterocycles. The number of halogens is 1. The summed E-state index contributed by atoms with van der Waals surface area (Å²) in [7, 11) is 1.62. The van der Waals surface area contributed by atoms with Crippen LogP contribution in [0.4, 0.5) is 4.39 Å². The van der Waals surface area contributed by atoms with E-state index in [0.717, 1.165) is 21.6 Å². The molecular weight excluding hydrogens is 511 g/mol. The van der Waals surface area contributed by atoms with E-state index in [1.807, 2.05) is 78.2 Å². The molecule has 0 aliphatic carbocycles. The number of nitrogens with zero attached hydrogens (tertiary/aromatic N) is 2. The van der Waals surface area contributed by atoms with Crippen molar-refractivity contribution in [3.63, 3.8) is 0 Å². The zero-order chi connectivity index (χ0) is 27.5. The van der Waals surface area contributed by atoms with Crippen LogP contribution in [0.3, 0.4) is 0 Å². The number of carbonyl (C=O) groups excluding carboxylic acids is 2. The third kappa shape index (κ3) is 8.09. The maximum Gasteiger partial charge on any atom is 0.242 e. The van der Waals surface area contributed by atoms with Crippen LogP contribution >= 0.6 is 11.3 Å². The van der Waals surface area contributed by atoms with Gasteiger partial charge in [-0.25, -0.2) is 4.39 Å². The number of amides is 2. The maximum atomic E-state index is 14.2. The normalized spacial score (nSPS) is 10.9. The van der Waals surface area contributed by atoms with Crippen LogP contribution in [0, 0.1) is 5.82 Å². The van der Waals surface area contributed by atoms with Crippen molar-refractivity contribution in [3.8, 4) is 0 Å². The van der Waals surface area contributed by atoms with E-state index in [2.05, 4.69) is 0 Å². The van der Waals surface area contributed by atoms with Gasteiger partial charge in [0.05, 0.1) is 19.0 Å². The molecule has 0 saturated carbocycles. The first-order valence-corrected chi connectivity index (χ1v) is 13.9. The molecule has 2 amide bonds. The summed E-state index contributed by atoms with van der Waals surface area (Å²) in [5, 5.41) is 1.97. The Hall–Kier alpha value is -3.81. The van der Waals surface area contributed by atoms with E-state index < -0.39 is 5.92 Å². The van der Waals surface area contributed by atoms with Crippen LogP contribution in [-0.4, -0.2) is 48.4 Å². The number of hydrogen-bond acceptors (Lipinski definition) is 4. The van der Waals surface area contributed by atoms with Gasteiger partial charge in [-0.15, -0.1) is 11.3 Å². The lowest BCUT2D eigenvalue weighted by atomic mass is 9.90. The van der Waals surface area contributed by atoms with E-state index in [9.17, 15) is 14.0 Å². The predicted molar refractivity (Wildman–Crippen MR) is 153 cm³/mol. The molecule has 0 N–H and O–H groups in total. The first-order chi connectivity index (χ1) is 19.0. The van der Waals surface area contributed by atoms with Crippen molar-refractivity contribution in [1.29, 1.82) is 0 Å². The van der Waals surface area contributed by atoms with Gasteiger partial charge < -0.3 is 14.5 Å². The highest BCUT2D eigenvalue weighted by molar-refractivity contribution is 7.09. The van der Waals surface area contributed by atoms with E-state index in [1.54, 1.807) is 40.4 Å². The first-order valence-electron chi connectivity index (χ1n) is 13.0. The lowest BCUT2D eigenvalue weighted by molar-refractivity contribution is -0.141. The van der Waals surface area contributed by atoms with Crippen molar-refractivity contribution in [2.24, 2.45) is 0 Å². The van der Waals surface area contributed by atoms with Crippen molar-refractivity contribution in [3.05, 3.63) is 130 Å². The Labute approximate surface area is 233 Å². The first kappa shape index (κ1) is 28.2. The molecular formula is C32H33FN2O3S. The van der Waals surface area contributed by atoms with Crippen LogP contribution in [0.25, 0.3) is 0 Å². The zero-order valence-corrected chi connectivity index (χ0v) is 22.9. The molecule has 0 aliphatic heterocycles. The number of ether oxygens (including phenoxy) is 1. The minimum atomic E-state index is -0.536. The minimum absolute atomic E-state index is 0.0642. The standard InChI is InChI=1S/C32H33FN2O3S/c1-38-20-9-19-34(32(37)31(26-10-4-2-5-11-26)27-12-6-3-7-13-27)24-30(36)35(23-29-14-8-21-39-29)22-25-15-17-28(33)18-16-25/h2-8,10-18,21,31H,9,19-20,22-24H2,1H3. The average molecular weight is 545 g/mol. The smallest absolute Gasteiger partial charge is 0.242 e. The van der Waals surface area contributed by atoms with Crippen molar-refractivity contribution in [1.82, 2.24) is 9.80 Å². The van der Waals surface area contributed by atoms with Gasteiger partial charge in [-0.2, -0.15) is 0 Å². The second kappa shape index (κ2) is 14.4. The number of hydrogen-bond donors (Lipinski definition) is 0. The fourth-order valence-corrected chi connectivity index (χ4v) is 5.23. The van der Waals surface area contributed by atoms with Crippen LogP contribution in [0.5, 0.6) is 0 Å². The molecule has 7 heteroatoms. The Morgan fingerprint density at radius 3 is 2.03 bits per heavy atom. The van der Waals surface area contributed by atoms with Crippen molar-refractivity contribution < 1.29 is 18.7 Å². The predicted octanol–water partition coefficient (Wildman–Crippen LogP) is 6.11. The number of benzene rings is 3. The molecule has 4 aromatic rings. The summed E-state index contributed by atoms with van der Waals surface area (Å²) in [5.41, 5.74) is 2.57. The van der Waals surface area contributed by atoms with Crippen LogP contribution in [0.2, 0.25) is 0 Å². The third-order valence-electron chi connectivity index (χ3n) is 6.49. The number of rotatable bonds is 13. The summed E-state index contributed by atoms with van der Waals surface area (Å²) in [6.07, 6.45) is 0.606. The second-order valence-corrected chi connectivity index (χ2v) is 10.3. The Kier molecular flexibility index (Phi) is 10.4. The summed E-state index contributed by atoms with van der Waals surface area (Å²) >= 11 is 1.57. The molecule has 0 unspecified atom stereocenters. The molecule has 1 aromatic heterocycles. The molecule has 5 nitrogen and oxygen atoms in total. The van der Waals surface area contributed by atoms with Gasteiger partial charge in [-0.1, -0.05) is 78.9 Å². The maximum absolute atomic E-state index is 14.2. The SMILES string of the molecule is COCCCN(CC(=O)N(Cc1ccc(F)cc1)Cc1cccs1)C(=O)C(c1ccccc1)c1ccccc1. The molecule has 0 saturated heterocycles. The van der Waals surface area contributed by atoms with Gasteiger partial charge in [0, 0.05) is 31.7 Å². The molecule has 0 atom stereocenters. The van der Waals surface area contributed by atoms with Gasteiger partial charge in [0.15, 0.2) is 0 Å². The van der Waals surface area contributed by atoms with Gasteiger partial charge in [0.25, 0.3) is 0 Å². The third-order valence-corrected chi connectivity index (χ3v) is 7.35. The fourth-order valence-electron chi connectivity index (χ4n) is 4.51. The molecule has 0 radical (unpaired) electrons. The lowest BCUT2D eigenvalue weighted by Gasteiger charge is -2.30. The average Bonchev–Trinajstić information content (AvgIpc) is 3.48. The summed E-state index contributed by atoms with van der Waals surface area (Å²) in [6, 6.07) is 29.4. The second-order valence-electron chi connectivity index (χ2n) is 9.32. The van der Waals surface area contributed by atoms with E-state index in [0.29, 0.717) is 32.7 Å². The molecule has 0 aliphatic rings. The highest BCUT2D eigenvalue weighted by atomic mass is 32.1. The van der Waals surface area contributed by atoms with Gasteiger partial charge >= 0.3 is 0 Å². The number of carbonyl (C=O) groups is 2. The van der Waals surface area contributed by atoms with Crippen LogP contribution < -0.4 is 0 Å². The van der Waals surface area contributed by atoms with Crippen LogP contribution in [0.1, 0.15) is 33.9 Å². The van der Waals surface area contributed by atoms with Crippen LogP contribution in [0.15, 0.2) is 102 Å². The summed E-state index contributed by atoms with van der Waals surface area (Å²) in [6.45, 7) is 1.53. The molecule has 39 heavy (non-hydrogen) atoms. The number of thiophene rings is 1. The molecule has 0 bridgehead atoms. The molecule has 202 valence electrons. The Bertz CT molecular complexity index is 1260. The monoisotopic (exact) mass is 544 g/mol. The fraction of sp³-hybridized carbons (Fsp3) is 0.250.